The number of imidazole rings is 1. The molecule has 0 bridgehead atoms. The van der Waals surface area contributed by atoms with Crippen LogP contribution in [0.5, 0.6) is 5.75 Å². The van der Waals surface area contributed by atoms with Crippen molar-refractivity contribution in [2.24, 2.45) is 0 Å². The second-order valence-corrected chi connectivity index (χ2v) is 5.94. The topological polar surface area (TPSA) is 47.0 Å². The molecule has 1 unspecified atom stereocenters. The van der Waals surface area contributed by atoms with Crippen molar-refractivity contribution >= 4 is 22.8 Å². The Morgan fingerprint density at radius 1 is 1.56 bits per heavy atom. The van der Waals surface area contributed by atoms with Gasteiger partial charge in [-0.15, -0.1) is 0 Å². The average molecular weight is 264 g/mol. The fourth-order valence-corrected chi connectivity index (χ4v) is 3.75. The maximum absolute atomic E-state index is 12.0. The lowest BCUT2D eigenvalue weighted by Crippen LogP contribution is -2.21. The van der Waals surface area contributed by atoms with Gasteiger partial charge in [0, 0.05) is 11.8 Å². The minimum atomic E-state index is -0.0398. The van der Waals surface area contributed by atoms with E-state index >= 15 is 0 Å². The van der Waals surface area contributed by atoms with Crippen molar-refractivity contribution in [3.05, 3.63) is 28.7 Å². The summed E-state index contributed by atoms with van der Waals surface area (Å²) in [6, 6.07) is 5.76. The molecule has 1 aliphatic rings. The van der Waals surface area contributed by atoms with Crippen molar-refractivity contribution in [3.8, 4) is 5.75 Å². The predicted octanol–water partition coefficient (Wildman–Crippen LogP) is 2.23. The first-order valence-corrected chi connectivity index (χ1v) is 7.21. The molecule has 0 aliphatic carbocycles. The van der Waals surface area contributed by atoms with Gasteiger partial charge in [0.2, 0.25) is 0 Å². The highest BCUT2D eigenvalue weighted by Crippen LogP contribution is 2.29. The van der Waals surface area contributed by atoms with E-state index in [1.807, 2.05) is 34.5 Å². The normalized spacial score (nSPS) is 19.5. The van der Waals surface area contributed by atoms with Crippen molar-refractivity contribution in [3.63, 3.8) is 0 Å². The number of nitrogens with zero attached hydrogens (tertiary/aromatic N) is 1. The van der Waals surface area contributed by atoms with Gasteiger partial charge in [0.05, 0.1) is 12.6 Å². The summed E-state index contributed by atoms with van der Waals surface area (Å²) in [5.74, 6) is 1.94. The van der Waals surface area contributed by atoms with E-state index in [1.54, 1.807) is 7.11 Å². The molecule has 1 aromatic carbocycles. The molecule has 0 amide bonds. The third kappa shape index (κ3) is 1.92. The molecule has 1 N–H and O–H groups in total. The third-order valence-electron chi connectivity index (χ3n) is 3.40. The minimum absolute atomic E-state index is 0.0398. The summed E-state index contributed by atoms with van der Waals surface area (Å²) in [5, 5.41) is 0.563. The van der Waals surface area contributed by atoms with Crippen LogP contribution >= 0.6 is 11.8 Å². The van der Waals surface area contributed by atoms with Crippen molar-refractivity contribution < 1.29 is 4.74 Å². The predicted molar refractivity (Wildman–Crippen MR) is 74.6 cm³/mol. The van der Waals surface area contributed by atoms with Crippen LogP contribution in [0.4, 0.5) is 0 Å². The van der Waals surface area contributed by atoms with Gasteiger partial charge in [-0.25, -0.2) is 4.79 Å². The molecule has 3 rings (SSSR count). The lowest BCUT2D eigenvalue weighted by atomic mass is 10.2. The van der Waals surface area contributed by atoms with E-state index in [2.05, 4.69) is 4.98 Å². The van der Waals surface area contributed by atoms with E-state index in [9.17, 15) is 4.79 Å². The first kappa shape index (κ1) is 11.7. The van der Waals surface area contributed by atoms with Gasteiger partial charge in [-0.1, -0.05) is 6.07 Å². The van der Waals surface area contributed by atoms with Gasteiger partial charge in [-0.2, -0.15) is 11.8 Å². The number of hydrogen-bond acceptors (Lipinski definition) is 3. The van der Waals surface area contributed by atoms with Gasteiger partial charge in [0.15, 0.2) is 0 Å². The van der Waals surface area contributed by atoms with Crippen LogP contribution in [0.15, 0.2) is 23.0 Å². The molecule has 1 fully saturated rings. The Hall–Kier alpha value is -1.36. The molecule has 0 saturated carbocycles. The molecule has 1 aliphatic heterocycles. The van der Waals surface area contributed by atoms with Gasteiger partial charge in [0.25, 0.3) is 0 Å². The van der Waals surface area contributed by atoms with E-state index in [1.165, 1.54) is 18.6 Å². The largest absolute Gasteiger partial charge is 0.494 e. The zero-order chi connectivity index (χ0) is 12.5. The SMILES string of the molecule is COc1cccc2c1[nH]c(=O)n2CC1CCCS1. The fraction of sp³-hybridized carbons (Fsp3) is 0.462. The molecule has 5 heteroatoms. The molecule has 4 nitrogen and oxygen atoms in total. The minimum Gasteiger partial charge on any atom is -0.494 e. The number of nitrogens with one attached hydrogen (secondary N) is 1. The van der Waals surface area contributed by atoms with E-state index in [0.29, 0.717) is 5.25 Å². The summed E-state index contributed by atoms with van der Waals surface area (Å²) < 4.78 is 7.11. The smallest absolute Gasteiger partial charge is 0.326 e. The maximum Gasteiger partial charge on any atom is 0.326 e. The molecule has 2 heterocycles. The molecule has 0 radical (unpaired) electrons. The fourth-order valence-electron chi connectivity index (χ4n) is 2.50. The summed E-state index contributed by atoms with van der Waals surface area (Å²) in [6.07, 6.45) is 2.46. The molecule has 1 aromatic heterocycles. The van der Waals surface area contributed by atoms with Gasteiger partial charge >= 0.3 is 5.69 Å². The number of aromatic nitrogens is 2. The number of methoxy groups -OCH3 is 1. The molecule has 2 aromatic rings. The summed E-state index contributed by atoms with van der Waals surface area (Å²) in [5.41, 5.74) is 1.70. The lowest BCUT2D eigenvalue weighted by molar-refractivity contribution is 0.419. The van der Waals surface area contributed by atoms with Gasteiger partial charge in [-0.05, 0) is 30.7 Å². The Morgan fingerprint density at radius 2 is 2.44 bits per heavy atom. The highest BCUT2D eigenvalue weighted by molar-refractivity contribution is 8.00. The van der Waals surface area contributed by atoms with Crippen LogP contribution in [0.25, 0.3) is 11.0 Å². The highest BCUT2D eigenvalue weighted by atomic mass is 32.2. The lowest BCUT2D eigenvalue weighted by Gasteiger charge is -2.09. The number of benzene rings is 1. The number of hydrogen-bond donors (Lipinski definition) is 1. The molecule has 18 heavy (non-hydrogen) atoms. The van der Waals surface area contributed by atoms with Crippen molar-refractivity contribution in [2.75, 3.05) is 12.9 Å². The zero-order valence-corrected chi connectivity index (χ0v) is 11.1. The number of para-hydroxylation sites is 1. The van der Waals surface area contributed by atoms with Gasteiger partial charge in [0.1, 0.15) is 11.3 Å². The summed E-state index contributed by atoms with van der Waals surface area (Å²) >= 11 is 1.96. The maximum atomic E-state index is 12.0. The Morgan fingerprint density at radius 3 is 3.17 bits per heavy atom. The average Bonchev–Trinajstić information content (AvgIpc) is 2.99. The number of fused-ring (bicyclic) bond motifs is 1. The van der Waals surface area contributed by atoms with Crippen LogP contribution in [-0.2, 0) is 6.54 Å². The van der Waals surface area contributed by atoms with E-state index in [4.69, 9.17) is 4.74 Å². The second kappa shape index (κ2) is 4.72. The van der Waals surface area contributed by atoms with Crippen molar-refractivity contribution in [1.82, 2.24) is 9.55 Å². The first-order valence-electron chi connectivity index (χ1n) is 6.16. The highest BCUT2D eigenvalue weighted by Gasteiger charge is 2.19. The molecular weight excluding hydrogens is 248 g/mol. The van der Waals surface area contributed by atoms with Gasteiger partial charge < -0.3 is 9.72 Å². The summed E-state index contributed by atoms with van der Waals surface area (Å²) in [7, 11) is 1.62. The van der Waals surface area contributed by atoms with Crippen molar-refractivity contribution in [1.29, 1.82) is 0 Å². The number of aromatic amines is 1. The standard InChI is InChI=1S/C13H16N2O2S/c1-17-11-6-2-5-10-12(11)14-13(16)15(10)8-9-4-3-7-18-9/h2,5-6,9H,3-4,7-8H2,1H3,(H,14,16). The van der Waals surface area contributed by atoms with E-state index in [0.717, 1.165) is 23.3 Å². The van der Waals surface area contributed by atoms with Crippen molar-refractivity contribution in [2.45, 2.75) is 24.6 Å². The Kier molecular flexibility index (Phi) is 3.07. The molecular formula is C13H16N2O2S. The number of ether oxygens (including phenoxy) is 1. The van der Waals surface area contributed by atoms with Crippen LogP contribution < -0.4 is 10.4 Å². The second-order valence-electron chi connectivity index (χ2n) is 4.53. The van der Waals surface area contributed by atoms with Crippen LogP contribution in [0.1, 0.15) is 12.8 Å². The Labute approximate surface area is 109 Å². The van der Waals surface area contributed by atoms with Crippen LogP contribution in [0.3, 0.4) is 0 Å². The summed E-state index contributed by atoms with van der Waals surface area (Å²) in [4.78, 5) is 14.9. The number of thioether (sulfide) groups is 1. The molecule has 1 saturated heterocycles. The Balaban J connectivity index is 2.05. The summed E-state index contributed by atoms with van der Waals surface area (Å²) in [6.45, 7) is 0.788. The Bertz CT molecular complexity index is 611. The number of rotatable bonds is 3. The molecule has 96 valence electrons. The molecule has 1 atom stereocenters. The number of H-pyrrole nitrogens is 1. The first-order chi connectivity index (χ1) is 8.79. The van der Waals surface area contributed by atoms with Gasteiger partial charge in [-0.3, -0.25) is 4.57 Å². The van der Waals surface area contributed by atoms with E-state index in [-0.39, 0.29) is 5.69 Å². The monoisotopic (exact) mass is 264 g/mol. The third-order valence-corrected chi connectivity index (χ3v) is 4.78. The van der Waals surface area contributed by atoms with Crippen LogP contribution in [0.2, 0.25) is 0 Å². The van der Waals surface area contributed by atoms with E-state index < -0.39 is 0 Å². The zero-order valence-electron chi connectivity index (χ0n) is 10.3. The van der Waals surface area contributed by atoms with Crippen LogP contribution in [-0.4, -0.2) is 27.7 Å². The molecule has 0 spiro atoms. The van der Waals surface area contributed by atoms with Crippen LogP contribution in [0, 0.1) is 0 Å². The quantitative estimate of drug-likeness (QED) is 0.924.